The number of hydrogen-bond acceptors (Lipinski definition) is 1. The van der Waals surface area contributed by atoms with Gasteiger partial charge in [0.25, 0.3) is 0 Å². The molecule has 1 amide bonds. The van der Waals surface area contributed by atoms with Crippen molar-refractivity contribution in [1.29, 1.82) is 0 Å². The van der Waals surface area contributed by atoms with Crippen molar-refractivity contribution in [3.8, 4) is 0 Å². The standard InChI is InChI=1S/C12H21NO/c14-12-11(8-4-5-9-13-12)10-6-2-1-3-7-10/h10-11H,1-9H2,(H,13,14). The summed E-state index contributed by atoms with van der Waals surface area (Å²) in [6.45, 7) is 0.905. The second-order valence-corrected chi connectivity index (χ2v) is 4.79. The lowest BCUT2D eigenvalue weighted by Crippen LogP contribution is -2.34. The summed E-state index contributed by atoms with van der Waals surface area (Å²) in [6.07, 6.45) is 10.2. The average molecular weight is 195 g/mol. The zero-order valence-corrected chi connectivity index (χ0v) is 8.93. The molecule has 0 aromatic heterocycles. The Hall–Kier alpha value is -0.530. The van der Waals surface area contributed by atoms with Crippen LogP contribution in [-0.2, 0) is 4.79 Å². The monoisotopic (exact) mass is 195 g/mol. The Balaban J connectivity index is 1.95. The van der Waals surface area contributed by atoms with Crippen LogP contribution in [0.4, 0.5) is 0 Å². The van der Waals surface area contributed by atoms with Crippen LogP contribution in [0, 0.1) is 11.8 Å². The van der Waals surface area contributed by atoms with Crippen LogP contribution in [0.1, 0.15) is 51.4 Å². The van der Waals surface area contributed by atoms with Gasteiger partial charge < -0.3 is 5.32 Å². The fourth-order valence-corrected chi connectivity index (χ4v) is 2.95. The highest BCUT2D eigenvalue weighted by Gasteiger charge is 2.29. The van der Waals surface area contributed by atoms with Gasteiger partial charge in [-0.25, -0.2) is 0 Å². The molecule has 1 N–H and O–H groups in total. The minimum absolute atomic E-state index is 0.342. The highest BCUT2D eigenvalue weighted by atomic mass is 16.1. The number of amides is 1. The van der Waals surface area contributed by atoms with Gasteiger partial charge in [0, 0.05) is 12.5 Å². The lowest BCUT2D eigenvalue weighted by molar-refractivity contribution is -0.126. The maximum Gasteiger partial charge on any atom is 0.223 e. The van der Waals surface area contributed by atoms with Crippen molar-refractivity contribution in [1.82, 2.24) is 5.32 Å². The van der Waals surface area contributed by atoms with Crippen LogP contribution in [0.2, 0.25) is 0 Å². The van der Waals surface area contributed by atoms with Crippen LogP contribution >= 0.6 is 0 Å². The molecule has 1 atom stereocenters. The van der Waals surface area contributed by atoms with E-state index >= 15 is 0 Å². The fourth-order valence-electron chi connectivity index (χ4n) is 2.95. The molecular weight excluding hydrogens is 174 g/mol. The Kier molecular flexibility index (Phi) is 3.44. The molecule has 1 aliphatic heterocycles. The second-order valence-electron chi connectivity index (χ2n) is 4.79. The molecule has 0 bridgehead atoms. The molecule has 1 aliphatic carbocycles. The summed E-state index contributed by atoms with van der Waals surface area (Å²) in [4.78, 5) is 11.8. The third kappa shape index (κ3) is 2.28. The van der Waals surface area contributed by atoms with Crippen LogP contribution in [-0.4, -0.2) is 12.5 Å². The van der Waals surface area contributed by atoms with E-state index in [9.17, 15) is 4.79 Å². The van der Waals surface area contributed by atoms with Crippen molar-refractivity contribution in [2.45, 2.75) is 51.4 Å². The van der Waals surface area contributed by atoms with E-state index in [1.54, 1.807) is 0 Å². The van der Waals surface area contributed by atoms with Gasteiger partial charge in [0.2, 0.25) is 5.91 Å². The highest BCUT2D eigenvalue weighted by molar-refractivity contribution is 5.79. The summed E-state index contributed by atoms with van der Waals surface area (Å²) >= 11 is 0. The maximum absolute atomic E-state index is 11.8. The Morgan fingerprint density at radius 1 is 0.929 bits per heavy atom. The van der Waals surface area contributed by atoms with E-state index in [1.165, 1.54) is 44.9 Å². The van der Waals surface area contributed by atoms with Gasteiger partial charge in [0.1, 0.15) is 0 Å². The molecular formula is C12H21NO. The second kappa shape index (κ2) is 4.81. The quantitative estimate of drug-likeness (QED) is 0.684. The summed E-state index contributed by atoms with van der Waals surface area (Å²) in [5.74, 6) is 1.38. The van der Waals surface area contributed by atoms with Gasteiger partial charge in [-0.2, -0.15) is 0 Å². The van der Waals surface area contributed by atoms with Crippen molar-refractivity contribution in [2.24, 2.45) is 11.8 Å². The lowest BCUT2D eigenvalue weighted by atomic mass is 9.78. The average Bonchev–Trinajstić information content (AvgIpc) is 2.44. The summed E-state index contributed by atoms with van der Waals surface area (Å²) in [6, 6.07) is 0. The predicted molar refractivity (Wildman–Crippen MR) is 56.9 cm³/mol. The van der Waals surface area contributed by atoms with Crippen LogP contribution < -0.4 is 5.32 Å². The highest BCUT2D eigenvalue weighted by Crippen LogP contribution is 2.33. The first kappa shape index (κ1) is 10.0. The predicted octanol–water partition coefficient (Wildman–Crippen LogP) is 2.48. The molecule has 2 nitrogen and oxygen atoms in total. The molecule has 1 unspecified atom stereocenters. The van der Waals surface area contributed by atoms with E-state index in [0.29, 0.717) is 17.7 Å². The van der Waals surface area contributed by atoms with Crippen molar-refractivity contribution in [2.75, 3.05) is 6.54 Å². The molecule has 0 radical (unpaired) electrons. The molecule has 80 valence electrons. The first-order chi connectivity index (χ1) is 6.88. The zero-order valence-electron chi connectivity index (χ0n) is 8.93. The van der Waals surface area contributed by atoms with Gasteiger partial charge in [-0.05, 0) is 31.6 Å². The molecule has 0 aromatic carbocycles. The first-order valence-electron chi connectivity index (χ1n) is 6.15. The molecule has 1 saturated heterocycles. The van der Waals surface area contributed by atoms with E-state index in [2.05, 4.69) is 5.32 Å². The van der Waals surface area contributed by atoms with Gasteiger partial charge in [-0.1, -0.05) is 25.7 Å². The minimum atomic E-state index is 0.342. The Morgan fingerprint density at radius 3 is 2.43 bits per heavy atom. The molecule has 2 rings (SSSR count). The van der Waals surface area contributed by atoms with Crippen LogP contribution in [0.5, 0.6) is 0 Å². The number of carbonyl (C=O) groups excluding carboxylic acids is 1. The third-order valence-electron chi connectivity index (χ3n) is 3.80. The van der Waals surface area contributed by atoms with Crippen LogP contribution in [0.15, 0.2) is 0 Å². The molecule has 14 heavy (non-hydrogen) atoms. The van der Waals surface area contributed by atoms with Crippen LogP contribution in [0.3, 0.4) is 0 Å². The SMILES string of the molecule is O=C1NCCCCC1C1CCCCC1. The van der Waals surface area contributed by atoms with E-state index < -0.39 is 0 Å². The van der Waals surface area contributed by atoms with Gasteiger partial charge >= 0.3 is 0 Å². The van der Waals surface area contributed by atoms with Crippen LogP contribution in [0.25, 0.3) is 0 Å². The van der Waals surface area contributed by atoms with Gasteiger partial charge in [0.05, 0.1) is 0 Å². The van der Waals surface area contributed by atoms with E-state index in [-0.39, 0.29) is 0 Å². The maximum atomic E-state index is 11.8. The van der Waals surface area contributed by atoms with Crippen molar-refractivity contribution < 1.29 is 4.79 Å². The smallest absolute Gasteiger partial charge is 0.223 e. The van der Waals surface area contributed by atoms with Crippen molar-refractivity contribution in [3.63, 3.8) is 0 Å². The molecule has 2 fully saturated rings. The summed E-state index contributed by atoms with van der Waals surface area (Å²) in [5.41, 5.74) is 0. The summed E-state index contributed by atoms with van der Waals surface area (Å²) < 4.78 is 0. The third-order valence-corrected chi connectivity index (χ3v) is 3.80. The fraction of sp³-hybridized carbons (Fsp3) is 0.917. The van der Waals surface area contributed by atoms with Gasteiger partial charge in [-0.3, -0.25) is 4.79 Å². The van der Waals surface area contributed by atoms with Crippen molar-refractivity contribution >= 4 is 5.91 Å². The number of rotatable bonds is 1. The molecule has 1 saturated carbocycles. The topological polar surface area (TPSA) is 29.1 Å². The Morgan fingerprint density at radius 2 is 1.64 bits per heavy atom. The normalized spacial score (nSPS) is 30.9. The number of nitrogens with one attached hydrogen (secondary N) is 1. The first-order valence-corrected chi connectivity index (χ1v) is 6.15. The zero-order chi connectivity index (χ0) is 9.80. The minimum Gasteiger partial charge on any atom is -0.356 e. The van der Waals surface area contributed by atoms with Crippen molar-refractivity contribution in [3.05, 3.63) is 0 Å². The summed E-state index contributed by atoms with van der Waals surface area (Å²) in [5, 5.41) is 3.05. The Bertz CT molecular complexity index is 196. The number of carbonyl (C=O) groups is 1. The van der Waals surface area contributed by atoms with E-state index in [1.807, 2.05) is 0 Å². The largest absolute Gasteiger partial charge is 0.356 e. The molecule has 1 heterocycles. The molecule has 2 aliphatic rings. The Labute approximate surface area is 86.5 Å². The summed E-state index contributed by atoms with van der Waals surface area (Å²) in [7, 11) is 0. The number of hydrogen-bond donors (Lipinski definition) is 1. The van der Waals surface area contributed by atoms with E-state index in [4.69, 9.17) is 0 Å². The lowest BCUT2D eigenvalue weighted by Gasteiger charge is -2.28. The molecule has 0 aromatic rings. The molecule has 2 heteroatoms. The van der Waals surface area contributed by atoms with Gasteiger partial charge in [0.15, 0.2) is 0 Å². The molecule has 0 spiro atoms. The van der Waals surface area contributed by atoms with E-state index in [0.717, 1.165) is 13.0 Å². The van der Waals surface area contributed by atoms with Gasteiger partial charge in [-0.15, -0.1) is 0 Å².